The largest absolute Gasteiger partial charge is 0.303 e. The van der Waals surface area contributed by atoms with Gasteiger partial charge in [0.05, 0.1) is 0 Å². The van der Waals surface area contributed by atoms with Crippen LogP contribution in [0.2, 0.25) is 0 Å². The van der Waals surface area contributed by atoms with E-state index < -0.39 is 0 Å². The first-order valence-electron chi connectivity index (χ1n) is 5.39. The van der Waals surface area contributed by atoms with E-state index in [2.05, 4.69) is 31.1 Å². The highest BCUT2D eigenvalue weighted by atomic mass is 15.4. The van der Waals surface area contributed by atoms with Gasteiger partial charge >= 0.3 is 0 Å². The van der Waals surface area contributed by atoms with E-state index in [1.807, 2.05) is 25.3 Å². The number of hydrogen-bond donors (Lipinski definition) is 0. The number of hydrazone groups is 1. The Hall–Kier alpha value is -0.790. The lowest BCUT2D eigenvalue weighted by atomic mass is 9.91. The Morgan fingerprint density at radius 1 is 1.36 bits per heavy atom. The van der Waals surface area contributed by atoms with Crippen molar-refractivity contribution >= 4 is 6.21 Å². The lowest BCUT2D eigenvalue weighted by Gasteiger charge is -2.17. The van der Waals surface area contributed by atoms with Gasteiger partial charge in [-0.25, -0.2) is 0 Å². The Morgan fingerprint density at radius 2 is 2.00 bits per heavy atom. The van der Waals surface area contributed by atoms with Crippen LogP contribution in [-0.2, 0) is 0 Å². The molecule has 2 heteroatoms. The van der Waals surface area contributed by atoms with Gasteiger partial charge in [-0.1, -0.05) is 26.0 Å². The Bertz CT molecular complexity index is 222. The molecule has 0 spiro atoms. The standard InChI is InChI=1S/C12H22N2/c1-12(2,10-13-14(3)4)9-5-6-11-7-8-11/h5-6,10-11H,7-9H2,1-4H3/b6-5+,13-10+. The van der Waals surface area contributed by atoms with Crippen molar-refractivity contribution in [3.05, 3.63) is 12.2 Å². The summed E-state index contributed by atoms with van der Waals surface area (Å²) in [5.74, 6) is 0.886. The van der Waals surface area contributed by atoms with Gasteiger partial charge in [-0.2, -0.15) is 5.10 Å². The zero-order chi connectivity index (χ0) is 10.6. The van der Waals surface area contributed by atoms with Crippen molar-refractivity contribution < 1.29 is 0 Å². The SMILES string of the molecule is CN(C)/N=C/C(C)(C)C/C=C/C1CC1. The van der Waals surface area contributed by atoms with Crippen molar-refractivity contribution in [2.75, 3.05) is 14.1 Å². The first-order chi connectivity index (χ1) is 6.49. The molecule has 0 bridgehead atoms. The molecule has 0 aliphatic heterocycles. The third kappa shape index (κ3) is 5.05. The Kier molecular flexibility index (Phi) is 3.73. The van der Waals surface area contributed by atoms with Crippen LogP contribution in [0.5, 0.6) is 0 Å². The van der Waals surface area contributed by atoms with Crippen LogP contribution in [0, 0.1) is 11.3 Å². The second-order valence-corrected chi connectivity index (χ2v) is 5.05. The van der Waals surface area contributed by atoms with E-state index in [4.69, 9.17) is 0 Å². The molecular formula is C12H22N2. The van der Waals surface area contributed by atoms with Crippen LogP contribution in [0.1, 0.15) is 33.1 Å². The van der Waals surface area contributed by atoms with E-state index in [-0.39, 0.29) is 5.41 Å². The maximum Gasteiger partial charge on any atom is 0.0304 e. The number of hydrogen-bond acceptors (Lipinski definition) is 2. The zero-order valence-corrected chi connectivity index (χ0v) is 9.83. The second-order valence-electron chi connectivity index (χ2n) is 5.05. The van der Waals surface area contributed by atoms with Crippen LogP contribution in [0.15, 0.2) is 17.3 Å². The molecule has 80 valence electrons. The molecule has 14 heavy (non-hydrogen) atoms. The van der Waals surface area contributed by atoms with E-state index in [0.29, 0.717) is 0 Å². The zero-order valence-electron chi connectivity index (χ0n) is 9.83. The predicted octanol–water partition coefficient (Wildman–Crippen LogP) is 2.92. The van der Waals surface area contributed by atoms with Crippen LogP contribution in [0.25, 0.3) is 0 Å². The minimum absolute atomic E-state index is 0.176. The summed E-state index contributed by atoms with van der Waals surface area (Å²) in [7, 11) is 3.90. The van der Waals surface area contributed by atoms with Crippen LogP contribution in [0.3, 0.4) is 0 Å². The fourth-order valence-corrected chi connectivity index (χ4v) is 1.18. The molecular weight excluding hydrogens is 172 g/mol. The van der Waals surface area contributed by atoms with Crippen molar-refractivity contribution in [3.8, 4) is 0 Å². The molecule has 0 unspecified atom stereocenters. The van der Waals surface area contributed by atoms with Crippen molar-refractivity contribution in [2.24, 2.45) is 16.4 Å². The van der Waals surface area contributed by atoms with Crippen LogP contribution >= 0.6 is 0 Å². The average Bonchev–Trinajstić information content (AvgIpc) is 2.85. The van der Waals surface area contributed by atoms with Crippen LogP contribution in [0.4, 0.5) is 0 Å². The fourth-order valence-electron chi connectivity index (χ4n) is 1.18. The summed E-state index contributed by atoms with van der Waals surface area (Å²) in [5, 5.41) is 6.12. The predicted molar refractivity (Wildman–Crippen MR) is 62.4 cm³/mol. The molecule has 1 aliphatic carbocycles. The van der Waals surface area contributed by atoms with Gasteiger partial charge < -0.3 is 5.01 Å². The normalized spacial score (nSPS) is 18.3. The monoisotopic (exact) mass is 194 g/mol. The Balaban J connectivity index is 2.31. The highest BCUT2D eigenvalue weighted by Gasteiger charge is 2.18. The van der Waals surface area contributed by atoms with Gasteiger partial charge in [0.2, 0.25) is 0 Å². The summed E-state index contributed by atoms with van der Waals surface area (Å²) in [6.07, 6.45) is 10.6. The second kappa shape index (κ2) is 4.63. The molecule has 1 rings (SSSR count). The number of allylic oxidation sites excluding steroid dienone is 2. The molecule has 0 N–H and O–H groups in total. The minimum atomic E-state index is 0.176. The van der Waals surface area contributed by atoms with Crippen molar-refractivity contribution in [3.63, 3.8) is 0 Å². The van der Waals surface area contributed by atoms with Gasteiger partial charge in [-0.05, 0) is 25.2 Å². The first kappa shape index (κ1) is 11.3. The van der Waals surface area contributed by atoms with E-state index >= 15 is 0 Å². The average molecular weight is 194 g/mol. The summed E-state index contributed by atoms with van der Waals surface area (Å²) in [5.41, 5.74) is 0.176. The van der Waals surface area contributed by atoms with Gasteiger partial charge in [-0.15, -0.1) is 0 Å². The minimum Gasteiger partial charge on any atom is -0.303 e. The molecule has 2 nitrogen and oxygen atoms in total. The van der Waals surface area contributed by atoms with E-state index in [1.165, 1.54) is 12.8 Å². The number of rotatable bonds is 5. The molecule has 0 heterocycles. The van der Waals surface area contributed by atoms with Crippen molar-refractivity contribution in [1.29, 1.82) is 0 Å². The molecule has 0 aromatic rings. The van der Waals surface area contributed by atoms with E-state index in [9.17, 15) is 0 Å². The van der Waals surface area contributed by atoms with E-state index in [0.717, 1.165) is 12.3 Å². The summed E-state index contributed by atoms with van der Waals surface area (Å²) in [4.78, 5) is 0. The van der Waals surface area contributed by atoms with Crippen LogP contribution in [-0.4, -0.2) is 25.3 Å². The molecule has 0 amide bonds. The Morgan fingerprint density at radius 3 is 2.50 bits per heavy atom. The fraction of sp³-hybridized carbons (Fsp3) is 0.750. The summed E-state index contributed by atoms with van der Waals surface area (Å²) in [6, 6.07) is 0. The molecule has 0 saturated heterocycles. The van der Waals surface area contributed by atoms with Gasteiger partial charge in [0.1, 0.15) is 0 Å². The van der Waals surface area contributed by atoms with Gasteiger partial charge in [0.25, 0.3) is 0 Å². The van der Waals surface area contributed by atoms with Crippen molar-refractivity contribution in [1.82, 2.24) is 5.01 Å². The summed E-state index contributed by atoms with van der Waals surface area (Å²) < 4.78 is 0. The lowest BCUT2D eigenvalue weighted by Crippen LogP contribution is -2.14. The molecule has 0 aromatic heterocycles. The molecule has 0 atom stereocenters. The van der Waals surface area contributed by atoms with Gasteiger partial charge in [0.15, 0.2) is 0 Å². The molecule has 0 radical (unpaired) electrons. The maximum absolute atomic E-state index is 4.28. The third-order valence-corrected chi connectivity index (χ3v) is 2.31. The third-order valence-electron chi connectivity index (χ3n) is 2.31. The maximum atomic E-state index is 4.28. The summed E-state index contributed by atoms with van der Waals surface area (Å²) in [6.45, 7) is 4.44. The topological polar surface area (TPSA) is 15.6 Å². The quantitative estimate of drug-likeness (QED) is 0.373. The highest BCUT2D eigenvalue weighted by molar-refractivity contribution is 5.64. The molecule has 1 aliphatic rings. The number of nitrogens with zero attached hydrogens (tertiary/aromatic N) is 2. The smallest absolute Gasteiger partial charge is 0.0304 e. The van der Waals surface area contributed by atoms with Crippen molar-refractivity contribution in [2.45, 2.75) is 33.1 Å². The van der Waals surface area contributed by atoms with Gasteiger partial charge in [-0.3, -0.25) is 0 Å². The molecule has 1 saturated carbocycles. The highest BCUT2D eigenvalue weighted by Crippen LogP contribution is 2.31. The van der Waals surface area contributed by atoms with Crippen LogP contribution < -0.4 is 0 Å². The van der Waals surface area contributed by atoms with Gasteiger partial charge in [0, 0.05) is 25.7 Å². The lowest BCUT2D eigenvalue weighted by molar-refractivity contribution is 0.425. The summed E-state index contributed by atoms with van der Waals surface area (Å²) >= 11 is 0. The molecule has 0 aromatic carbocycles. The first-order valence-corrected chi connectivity index (χ1v) is 5.39. The molecule has 1 fully saturated rings. The van der Waals surface area contributed by atoms with E-state index in [1.54, 1.807) is 0 Å². The Labute approximate surface area is 87.7 Å².